The molecule has 1 heterocycles. The molecular weight excluding hydrogens is 276 g/mol. The fourth-order valence-electron chi connectivity index (χ4n) is 3.69. The molecule has 116 valence electrons. The number of aromatic hydroxyl groups is 1. The van der Waals surface area contributed by atoms with E-state index in [1.54, 1.807) is 6.07 Å². The van der Waals surface area contributed by atoms with Gasteiger partial charge in [0.15, 0.2) is 0 Å². The van der Waals surface area contributed by atoms with Gasteiger partial charge in [-0.15, -0.1) is 0 Å². The molecule has 0 unspecified atom stereocenters. The van der Waals surface area contributed by atoms with Gasteiger partial charge >= 0.3 is 0 Å². The molecule has 2 aliphatic rings. The smallest absolute Gasteiger partial charge is 0.223 e. The molecule has 22 heavy (non-hydrogen) atoms. The molecule has 4 rings (SSSR count). The van der Waals surface area contributed by atoms with Crippen LogP contribution in [0.25, 0.3) is 10.9 Å². The molecule has 4 nitrogen and oxygen atoms in total. The Kier molecular flexibility index (Phi) is 2.96. The van der Waals surface area contributed by atoms with Crippen molar-refractivity contribution in [3.63, 3.8) is 0 Å². The van der Waals surface area contributed by atoms with Crippen molar-refractivity contribution in [3.05, 3.63) is 30.0 Å². The van der Waals surface area contributed by atoms with Crippen LogP contribution in [0, 0.1) is 5.92 Å². The number of hydrogen-bond acceptors (Lipinski definition) is 2. The first kappa shape index (κ1) is 13.7. The summed E-state index contributed by atoms with van der Waals surface area (Å²) in [6, 6.07) is 5.55. The normalized spacial score (nSPS) is 19.9. The quantitative estimate of drug-likeness (QED) is 0.912. The standard InChI is InChI=1S/C18H22N2O2/c1-20-10-15(14-9-13(21)5-6-16(14)20)18(7-2-8-18)11-19-17(22)12-3-4-12/h5-6,9-10,12,21H,2-4,7-8,11H2,1H3,(H,19,22). The van der Waals surface area contributed by atoms with E-state index in [1.165, 1.54) is 12.0 Å². The van der Waals surface area contributed by atoms with Gasteiger partial charge in [-0.05, 0) is 49.4 Å². The van der Waals surface area contributed by atoms with Gasteiger partial charge in [0.2, 0.25) is 5.91 Å². The minimum Gasteiger partial charge on any atom is -0.508 e. The number of nitrogens with one attached hydrogen (secondary N) is 1. The molecule has 2 saturated carbocycles. The number of hydrogen-bond donors (Lipinski definition) is 2. The number of amides is 1. The highest BCUT2D eigenvalue weighted by molar-refractivity contribution is 5.87. The average Bonchev–Trinajstić information content (AvgIpc) is 3.24. The summed E-state index contributed by atoms with van der Waals surface area (Å²) >= 11 is 0. The maximum atomic E-state index is 12.0. The Morgan fingerprint density at radius 2 is 2.18 bits per heavy atom. The number of carbonyl (C=O) groups is 1. The Balaban J connectivity index is 1.68. The van der Waals surface area contributed by atoms with E-state index in [4.69, 9.17) is 0 Å². The summed E-state index contributed by atoms with van der Waals surface area (Å²) in [5.41, 5.74) is 2.44. The van der Waals surface area contributed by atoms with E-state index in [1.807, 2.05) is 19.2 Å². The molecule has 2 aliphatic carbocycles. The third-order valence-corrected chi connectivity index (χ3v) is 5.40. The van der Waals surface area contributed by atoms with Gasteiger partial charge in [-0.25, -0.2) is 0 Å². The van der Waals surface area contributed by atoms with E-state index in [0.29, 0.717) is 5.75 Å². The zero-order chi connectivity index (χ0) is 15.3. The van der Waals surface area contributed by atoms with E-state index in [0.717, 1.165) is 43.1 Å². The zero-order valence-electron chi connectivity index (χ0n) is 12.9. The third-order valence-electron chi connectivity index (χ3n) is 5.40. The highest BCUT2D eigenvalue weighted by Crippen LogP contribution is 2.47. The summed E-state index contributed by atoms with van der Waals surface area (Å²) in [4.78, 5) is 12.0. The van der Waals surface area contributed by atoms with Crippen LogP contribution in [-0.2, 0) is 17.3 Å². The van der Waals surface area contributed by atoms with Crippen molar-refractivity contribution in [1.82, 2.24) is 9.88 Å². The molecule has 2 fully saturated rings. The fourth-order valence-corrected chi connectivity index (χ4v) is 3.69. The van der Waals surface area contributed by atoms with Crippen molar-refractivity contribution in [1.29, 1.82) is 0 Å². The first-order valence-electron chi connectivity index (χ1n) is 8.15. The maximum Gasteiger partial charge on any atom is 0.223 e. The number of carbonyl (C=O) groups excluding carboxylic acids is 1. The highest BCUT2D eigenvalue weighted by Gasteiger charge is 2.42. The zero-order valence-corrected chi connectivity index (χ0v) is 12.9. The SMILES string of the molecule is Cn1cc(C2(CNC(=O)C3CC3)CCC2)c2cc(O)ccc21. The second-order valence-electron chi connectivity index (χ2n) is 6.98. The Hall–Kier alpha value is -1.97. The Morgan fingerprint density at radius 1 is 1.41 bits per heavy atom. The van der Waals surface area contributed by atoms with Crippen LogP contribution in [0.3, 0.4) is 0 Å². The number of rotatable bonds is 4. The first-order valence-corrected chi connectivity index (χ1v) is 8.15. The number of phenolic OH excluding ortho intramolecular Hbond substituents is 1. The van der Waals surface area contributed by atoms with Crippen molar-refractivity contribution < 1.29 is 9.90 Å². The second kappa shape index (κ2) is 4.77. The van der Waals surface area contributed by atoms with Gasteiger partial charge in [-0.2, -0.15) is 0 Å². The fraction of sp³-hybridized carbons (Fsp3) is 0.500. The van der Waals surface area contributed by atoms with E-state index < -0.39 is 0 Å². The van der Waals surface area contributed by atoms with Gasteiger partial charge < -0.3 is 15.0 Å². The van der Waals surface area contributed by atoms with Crippen LogP contribution in [0.5, 0.6) is 5.75 Å². The lowest BCUT2D eigenvalue weighted by Gasteiger charge is -2.42. The number of aryl methyl sites for hydroxylation is 1. The summed E-state index contributed by atoms with van der Waals surface area (Å²) in [5, 5.41) is 14.1. The summed E-state index contributed by atoms with van der Waals surface area (Å²) < 4.78 is 2.12. The summed E-state index contributed by atoms with van der Waals surface area (Å²) in [7, 11) is 2.04. The van der Waals surface area contributed by atoms with E-state index >= 15 is 0 Å². The molecule has 0 bridgehead atoms. The topological polar surface area (TPSA) is 54.3 Å². The van der Waals surface area contributed by atoms with Gasteiger partial charge in [-0.1, -0.05) is 6.42 Å². The van der Waals surface area contributed by atoms with Gasteiger partial charge in [0.1, 0.15) is 5.75 Å². The van der Waals surface area contributed by atoms with Gasteiger partial charge in [-0.3, -0.25) is 4.79 Å². The van der Waals surface area contributed by atoms with Gasteiger partial charge in [0, 0.05) is 42.0 Å². The van der Waals surface area contributed by atoms with Crippen molar-refractivity contribution in [2.45, 2.75) is 37.5 Å². The number of nitrogens with zero attached hydrogens (tertiary/aromatic N) is 1. The minimum atomic E-state index is 0.0395. The van der Waals surface area contributed by atoms with Crippen molar-refractivity contribution in [2.24, 2.45) is 13.0 Å². The van der Waals surface area contributed by atoms with E-state index in [9.17, 15) is 9.90 Å². The summed E-state index contributed by atoms with van der Waals surface area (Å²) in [5.74, 6) is 0.777. The largest absolute Gasteiger partial charge is 0.508 e. The molecule has 0 radical (unpaired) electrons. The van der Waals surface area contributed by atoms with E-state index in [2.05, 4.69) is 16.1 Å². The van der Waals surface area contributed by atoms with Crippen LogP contribution in [0.15, 0.2) is 24.4 Å². The lowest BCUT2D eigenvalue weighted by atomic mass is 9.64. The third kappa shape index (κ3) is 2.09. The van der Waals surface area contributed by atoms with E-state index in [-0.39, 0.29) is 17.2 Å². The molecular formula is C18H22N2O2. The number of fused-ring (bicyclic) bond motifs is 1. The van der Waals surface area contributed by atoms with Crippen LogP contribution >= 0.6 is 0 Å². The van der Waals surface area contributed by atoms with Crippen molar-refractivity contribution >= 4 is 16.8 Å². The molecule has 4 heteroatoms. The molecule has 0 saturated heterocycles. The monoisotopic (exact) mass is 298 g/mol. The molecule has 1 amide bonds. The van der Waals surface area contributed by atoms with Crippen molar-refractivity contribution in [3.8, 4) is 5.75 Å². The molecule has 2 aromatic rings. The average molecular weight is 298 g/mol. The first-order chi connectivity index (χ1) is 10.6. The Morgan fingerprint density at radius 3 is 2.82 bits per heavy atom. The molecule has 1 aromatic carbocycles. The lowest BCUT2D eigenvalue weighted by molar-refractivity contribution is -0.122. The van der Waals surface area contributed by atoms with Crippen LogP contribution < -0.4 is 5.32 Å². The van der Waals surface area contributed by atoms with Crippen LogP contribution in [0.1, 0.15) is 37.7 Å². The van der Waals surface area contributed by atoms with Crippen molar-refractivity contribution in [2.75, 3.05) is 6.54 Å². The Labute approximate surface area is 130 Å². The Bertz CT molecular complexity index is 739. The number of aromatic nitrogens is 1. The summed E-state index contributed by atoms with van der Waals surface area (Å²) in [6.07, 6.45) is 7.67. The van der Waals surface area contributed by atoms with Crippen LogP contribution in [-0.4, -0.2) is 22.1 Å². The molecule has 0 spiro atoms. The summed E-state index contributed by atoms with van der Waals surface area (Å²) in [6.45, 7) is 0.719. The van der Waals surface area contributed by atoms with Crippen LogP contribution in [0.4, 0.5) is 0 Å². The molecule has 2 N–H and O–H groups in total. The number of benzene rings is 1. The van der Waals surface area contributed by atoms with Gasteiger partial charge in [0.25, 0.3) is 0 Å². The molecule has 0 atom stereocenters. The predicted octanol–water partition coefficient (Wildman–Crippen LogP) is 2.83. The number of phenols is 1. The lowest BCUT2D eigenvalue weighted by Crippen LogP contribution is -2.45. The maximum absolute atomic E-state index is 12.0. The predicted molar refractivity (Wildman–Crippen MR) is 85.8 cm³/mol. The second-order valence-corrected chi connectivity index (χ2v) is 6.98. The van der Waals surface area contributed by atoms with Gasteiger partial charge in [0.05, 0.1) is 0 Å². The molecule has 1 aromatic heterocycles. The van der Waals surface area contributed by atoms with Crippen LogP contribution in [0.2, 0.25) is 0 Å². The molecule has 0 aliphatic heterocycles. The highest BCUT2D eigenvalue weighted by atomic mass is 16.3. The minimum absolute atomic E-state index is 0.0395.